The number of rotatable bonds is 6. The summed E-state index contributed by atoms with van der Waals surface area (Å²) in [6, 6.07) is 10.9. The molecule has 0 aliphatic rings. The van der Waals surface area contributed by atoms with Gasteiger partial charge in [0.1, 0.15) is 0 Å². The molecule has 1 aromatic carbocycles. The van der Waals surface area contributed by atoms with Crippen molar-refractivity contribution in [1.29, 1.82) is 0 Å². The number of anilines is 1. The fourth-order valence-corrected chi connectivity index (χ4v) is 2.33. The van der Waals surface area contributed by atoms with E-state index in [9.17, 15) is 10.1 Å². The molecule has 0 saturated heterocycles. The Morgan fingerprint density at radius 2 is 2.00 bits per heavy atom. The SMILES string of the molecule is Cl.O=[N+]([O-])c1cccnc1NCCCn1cnc2ccccc21. The number of aryl methyl sites for hydroxylation is 1. The summed E-state index contributed by atoms with van der Waals surface area (Å²) in [5.41, 5.74) is 2.05. The van der Waals surface area contributed by atoms with E-state index in [0.717, 1.165) is 24.0 Å². The molecule has 0 bridgehead atoms. The smallest absolute Gasteiger partial charge is 0.311 e. The van der Waals surface area contributed by atoms with Gasteiger partial charge in [-0.25, -0.2) is 9.97 Å². The van der Waals surface area contributed by atoms with E-state index in [4.69, 9.17) is 0 Å². The Bertz CT molecular complexity index is 805. The molecule has 0 aliphatic heterocycles. The first-order chi connectivity index (χ1) is 10.8. The summed E-state index contributed by atoms with van der Waals surface area (Å²) in [6.07, 6.45) is 4.17. The van der Waals surface area contributed by atoms with Crippen molar-refractivity contribution in [1.82, 2.24) is 14.5 Å². The van der Waals surface area contributed by atoms with Crippen LogP contribution in [-0.4, -0.2) is 26.0 Å². The second kappa shape index (κ2) is 7.55. The first-order valence-electron chi connectivity index (χ1n) is 6.99. The Morgan fingerprint density at radius 3 is 2.83 bits per heavy atom. The molecule has 7 nitrogen and oxygen atoms in total. The molecule has 0 saturated carbocycles. The van der Waals surface area contributed by atoms with Gasteiger partial charge in [0.25, 0.3) is 0 Å². The normalized spacial score (nSPS) is 10.3. The lowest BCUT2D eigenvalue weighted by Gasteiger charge is -2.07. The predicted molar refractivity (Wildman–Crippen MR) is 91.0 cm³/mol. The van der Waals surface area contributed by atoms with Crippen LogP contribution < -0.4 is 5.32 Å². The Balaban J connectivity index is 0.00000192. The van der Waals surface area contributed by atoms with Crippen molar-refractivity contribution in [2.24, 2.45) is 0 Å². The van der Waals surface area contributed by atoms with Crippen molar-refractivity contribution in [3.8, 4) is 0 Å². The lowest BCUT2D eigenvalue weighted by atomic mass is 10.3. The number of aromatic nitrogens is 3. The van der Waals surface area contributed by atoms with Gasteiger partial charge in [-0.3, -0.25) is 10.1 Å². The number of nitrogens with zero attached hydrogens (tertiary/aromatic N) is 4. The number of pyridine rings is 1. The summed E-state index contributed by atoms with van der Waals surface area (Å²) < 4.78 is 2.07. The van der Waals surface area contributed by atoms with Crippen LogP contribution >= 0.6 is 12.4 Å². The van der Waals surface area contributed by atoms with Gasteiger partial charge in [0.15, 0.2) is 0 Å². The molecule has 8 heteroatoms. The van der Waals surface area contributed by atoms with Crippen molar-refractivity contribution in [2.45, 2.75) is 13.0 Å². The van der Waals surface area contributed by atoms with Crippen molar-refractivity contribution in [3.63, 3.8) is 0 Å². The number of nitro groups is 1. The minimum atomic E-state index is -0.432. The number of imidazole rings is 1. The van der Waals surface area contributed by atoms with E-state index < -0.39 is 4.92 Å². The van der Waals surface area contributed by atoms with Gasteiger partial charge in [-0.1, -0.05) is 12.1 Å². The van der Waals surface area contributed by atoms with Crippen molar-refractivity contribution >= 4 is 34.9 Å². The van der Waals surface area contributed by atoms with E-state index in [2.05, 4.69) is 19.9 Å². The van der Waals surface area contributed by atoms with Gasteiger partial charge < -0.3 is 9.88 Å². The molecule has 23 heavy (non-hydrogen) atoms. The maximum Gasteiger partial charge on any atom is 0.311 e. The van der Waals surface area contributed by atoms with Crippen LogP contribution in [0.4, 0.5) is 11.5 Å². The summed E-state index contributed by atoms with van der Waals surface area (Å²) >= 11 is 0. The molecule has 3 aromatic rings. The summed E-state index contributed by atoms with van der Waals surface area (Å²) in [7, 11) is 0. The molecule has 0 atom stereocenters. The van der Waals surface area contributed by atoms with Gasteiger partial charge in [0, 0.05) is 25.4 Å². The highest BCUT2D eigenvalue weighted by molar-refractivity contribution is 5.85. The third-order valence-corrected chi connectivity index (χ3v) is 3.38. The Kier molecular flexibility index (Phi) is 5.48. The van der Waals surface area contributed by atoms with Gasteiger partial charge in [0.2, 0.25) is 5.82 Å². The van der Waals surface area contributed by atoms with Crippen LogP contribution in [-0.2, 0) is 6.54 Å². The number of para-hydroxylation sites is 2. The monoisotopic (exact) mass is 333 g/mol. The van der Waals surface area contributed by atoms with Crippen LogP contribution in [0.2, 0.25) is 0 Å². The van der Waals surface area contributed by atoms with Gasteiger partial charge in [0.05, 0.1) is 22.3 Å². The first kappa shape index (κ1) is 16.7. The number of hydrogen-bond donors (Lipinski definition) is 1. The Hall–Kier alpha value is -2.67. The summed E-state index contributed by atoms with van der Waals surface area (Å²) in [5, 5.41) is 13.9. The van der Waals surface area contributed by atoms with Crippen LogP contribution in [0, 0.1) is 10.1 Å². The molecular formula is C15H16ClN5O2. The van der Waals surface area contributed by atoms with E-state index in [1.54, 1.807) is 12.3 Å². The molecule has 1 N–H and O–H groups in total. The Morgan fingerprint density at radius 1 is 1.17 bits per heavy atom. The number of benzene rings is 1. The lowest BCUT2D eigenvalue weighted by Crippen LogP contribution is -2.08. The standard InChI is InChI=1S/C15H15N5O2.ClH/c21-20(22)14-7-3-8-16-15(14)17-9-4-10-19-11-18-12-5-1-2-6-13(12)19;/h1-3,5-8,11H,4,9-10H2,(H,16,17);1H. The molecule has 0 fully saturated rings. The zero-order chi connectivity index (χ0) is 15.4. The highest BCUT2D eigenvalue weighted by atomic mass is 35.5. The Labute approximate surface area is 138 Å². The molecule has 0 unspecified atom stereocenters. The van der Waals surface area contributed by atoms with E-state index in [0.29, 0.717) is 12.4 Å². The molecule has 3 rings (SSSR count). The topological polar surface area (TPSA) is 85.9 Å². The number of halogens is 1. The zero-order valence-electron chi connectivity index (χ0n) is 12.3. The maximum absolute atomic E-state index is 10.9. The first-order valence-corrected chi connectivity index (χ1v) is 6.99. The molecule has 2 aromatic heterocycles. The highest BCUT2D eigenvalue weighted by Crippen LogP contribution is 2.20. The average Bonchev–Trinajstić information content (AvgIpc) is 2.95. The third kappa shape index (κ3) is 3.75. The maximum atomic E-state index is 10.9. The van der Waals surface area contributed by atoms with E-state index in [-0.39, 0.29) is 18.1 Å². The predicted octanol–water partition coefficient (Wildman–Crippen LogP) is 3.26. The van der Waals surface area contributed by atoms with Crippen LogP contribution in [0.1, 0.15) is 6.42 Å². The largest absolute Gasteiger partial charge is 0.364 e. The van der Waals surface area contributed by atoms with Gasteiger partial charge in [-0.15, -0.1) is 12.4 Å². The second-order valence-corrected chi connectivity index (χ2v) is 4.84. The van der Waals surface area contributed by atoms with Crippen LogP contribution in [0.25, 0.3) is 11.0 Å². The lowest BCUT2D eigenvalue weighted by molar-refractivity contribution is -0.384. The van der Waals surface area contributed by atoms with Crippen LogP contribution in [0.3, 0.4) is 0 Å². The molecule has 0 aliphatic carbocycles. The average molecular weight is 334 g/mol. The number of hydrogen-bond acceptors (Lipinski definition) is 5. The van der Waals surface area contributed by atoms with Gasteiger partial charge >= 0.3 is 5.69 Å². The van der Waals surface area contributed by atoms with E-state index >= 15 is 0 Å². The fraction of sp³-hybridized carbons (Fsp3) is 0.200. The quantitative estimate of drug-likeness (QED) is 0.425. The minimum absolute atomic E-state index is 0. The zero-order valence-corrected chi connectivity index (χ0v) is 13.1. The highest BCUT2D eigenvalue weighted by Gasteiger charge is 2.13. The summed E-state index contributed by atoms with van der Waals surface area (Å²) in [4.78, 5) is 18.8. The number of nitrogens with one attached hydrogen (secondary N) is 1. The van der Waals surface area contributed by atoms with Gasteiger partial charge in [-0.2, -0.15) is 0 Å². The van der Waals surface area contributed by atoms with Gasteiger partial charge in [-0.05, 0) is 24.6 Å². The van der Waals surface area contributed by atoms with Crippen molar-refractivity contribution in [3.05, 3.63) is 59.0 Å². The fourth-order valence-electron chi connectivity index (χ4n) is 2.33. The minimum Gasteiger partial charge on any atom is -0.364 e. The van der Waals surface area contributed by atoms with Crippen LogP contribution in [0.5, 0.6) is 0 Å². The molecule has 0 amide bonds. The molecule has 120 valence electrons. The van der Waals surface area contributed by atoms with Crippen molar-refractivity contribution < 1.29 is 4.92 Å². The summed E-state index contributed by atoms with van der Waals surface area (Å²) in [6.45, 7) is 1.39. The van der Waals surface area contributed by atoms with Crippen molar-refractivity contribution in [2.75, 3.05) is 11.9 Å². The molecular weight excluding hydrogens is 318 g/mol. The van der Waals surface area contributed by atoms with E-state index in [1.165, 1.54) is 6.07 Å². The summed E-state index contributed by atoms with van der Waals surface area (Å²) in [5.74, 6) is 0.308. The third-order valence-electron chi connectivity index (χ3n) is 3.38. The second-order valence-electron chi connectivity index (χ2n) is 4.84. The molecule has 0 radical (unpaired) electrons. The molecule has 0 spiro atoms. The van der Waals surface area contributed by atoms with E-state index in [1.807, 2.05) is 30.6 Å². The number of fused-ring (bicyclic) bond motifs is 1. The van der Waals surface area contributed by atoms with Crippen LogP contribution in [0.15, 0.2) is 48.9 Å². The molecule has 2 heterocycles.